The second-order valence-electron chi connectivity index (χ2n) is 6.82. The van der Waals surface area contributed by atoms with Gasteiger partial charge < -0.3 is 9.72 Å². The van der Waals surface area contributed by atoms with Crippen molar-refractivity contribution in [2.24, 2.45) is 5.10 Å². The third-order valence-electron chi connectivity index (χ3n) is 4.69. The molecular weight excluding hydrogens is 471 g/mol. The van der Waals surface area contributed by atoms with Crippen LogP contribution in [0.2, 0.25) is 10.0 Å². The zero-order valence-electron chi connectivity index (χ0n) is 16.7. The van der Waals surface area contributed by atoms with Crippen LogP contribution in [0.5, 0.6) is 5.75 Å². The van der Waals surface area contributed by atoms with Gasteiger partial charge in [-0.2, -0.15) is 5.10 Å². The van der Waals surface area contributed by atoms with Gasteiger partial charge in [0, 0.05) is 27.2 Å². The predicted octanol–water partition coefficient (Wildman–Crippen LogP) is 4.37. The van der Waals surface area contributed by atoms with Crippen LogP contribution in [0.3, 0.4) is 0 Å². The number of aromatic amines is 1. The van der Waals surface area contributed by atoms with E-state index >= 15 is 0 Å². The Hall–Kier alpha value is -3.95. The molecule has 4 rings (SSSR count). The summed E-state index contributed by atoms with van der Waals surface area (Å²) in [4.78, 5) is 38.6. The molecule has 0 spiro atoms. The SMILES string of the molecule is O=c1[nH]c2ccccc2c(=O)n1N=Cc1cc(Cl)cc([N+](=O)[O-])c1OCc1ccccc1Cl. The summed E-state index contributed by atoms with van der Waals surface area (Å²) in [6.45, 7) is -0.0699. The summed E-state index contributed by atoms with van der Waals surface area (Å²) in [6, 6.07) is 15.8. The van der Waals surface area contributed by atoms with Gasteiger partial charge in [0.2, 0.25) is 5.75 Å². The van der Waals surface area contributed by atoms with Crippen LogP contribution in [-0.4, -0.2) is 20.8 Å². The maximum Gasteiger partial charge on any atom is 0.349 e. The lowest BCUT2D eigenvalue weighted by Gasteiger charge is -2.11. The van der Waals surface area contributed by atoms with E-state index in [9.17, 15) is 19.7 Å². The van der Waals surface area contributed by atoms with Crippen LogP contribution in [0.25, 0.3) is 10.9 Å². The predicted molar refractivity (Wildman–Crippen MR) is 126 cm³/mol. The van der Waals surface area contributed by atoms with E-state index in [1.165, 1.54) is 6.07 Å². The fourth-order valence-corrected chi connectivity index (χ4v) is 3.54. The summed E-state index contributed by atoms with van der Waals surface area (Å²) in [6.07, 6.45) is 1.10. The minimum absolute atomic E-state index is 0.0491. The van der Waals surface area contributed by atoms with Crippen molar-refractivity contribution in [3.63, 3.8) is 0 Å². The van der Waals surface area contributed by atoms with Gasteiger partial charge in [-0.25, -0.2) is 4.79 Å². The average Bonchev–Trinajstić information content (AvgIpc) is 2.78. The van der Waals surface area contributed by atoms with Gasteiger partial charge in [0.25, 0.3) is 5.56 Å². The number of fused-ring (bicyclic) bond motifs is 1. The molecule has 9 nitrogen and oxygen atoms in total. The maximum absolute atomic E-state index is 12.7. The Morgan fingerprint density at radius 3 is 2.58 bits per heavy atom. The molecule has 0 amide bonds. The highest BCUT2D eigenvalue weighted by atomic mass is 35.5. The highest BCUT2D eigenvalue weighted by Crippen LogP contribution is 2.34. The molecule has 0 atom stereocenters. The molecule has 0 unspecified atom stereocenters. The highest BCUT2D eigenvalue weighted by Gasteiger charge is 2.21. The number of para-hydroxylation sites is 1. The fraction of sp³-hybridized carbons (Fsp3) is 0.0455. The van der Waals surface area contributed by atoms with E-state index in [4.69, 9.17) is 27.9 Å². The number of nitro groups is 1. The standard InChI is InChI=1S/C22H14Cl2N4O5/c23-15-9-14(11-25-27-21(29)16-6-2-4-8-18(16)26-22(27)30)20(19(10-15)28(31)32)33-12-13-5-1-3-7-17(13)24/h1-11H,12H2,(H,26,30). The van der Waals surface area contributed by atoms with Gasteiger partial charge >= 0.3 is 11.4 Å². The molecule has 166 valence electrons. The lowest BCUT2D eigenvalue weighted by molar-refractivity contribution is -0.385. The summed E-state index contributed by atoms with van der Waals surface area (Å²) < 4.78 is 6.34. The Morgan fingerprint density at radius 2 is 1.82 bits per heavy atom. The first-order valence-corrected chi connectivity index (χ1v) is 10.2. The summed E-state index contributed by atoms with van der Waals surface area (Å²) in [5.41, 5.74) is -0.767. The average molecular weight is 485 g/mol. The van der Waals surface area contributed by atoms with Crippen molar-refractivity contribution in [1.29, 1.82) is 0 Å². The minimum Gasteiger partial charge on any atom is -0.481 e. The van der Waals surface area contributed by atoms with Crippen molar-refractivity contribution in [1.82, 2.24) is 9.66 Å². The molecule has 1 heterocycles. The molecule has 0 saturated carbocycles. The van der Waals surface area contributed by atoms with Gasteiger partial charge in [0.1, 0.15) is 6.61 Å². The van der Waals surface area contributed by atoms with Gasteiger partial charge in [0.15, 0.2) is 0 Å². The van der Waals surface area contributed by atoms with Crippen LogP contribution in [0.4, 0.5) is 5.69 Å². The van der Waals surface area contributed by atoms with E-state index in [0.29, 0.717) is 20.8 Å². The first-order chi connectivity index (χ1) is 15.8. The monoisotopic (exact) mass is 484 g/mol. The summed E-state index contributed by atoms with van der Waals surface area (Å²) in [5, 5.41) is 16.3. The van der Waals surface area contributed by atoms with Crippen LogP contribution in [0, 0.1) is 10.1 Å². The number of rotatable bonds is 6. The number of nitrogens with zero attached hydrogens (tertiary/aromatic N) is 3. The first-order valence-electron chi connectivity index (χ1n) is 9.47. The number of H-pyrrole nitrogens is 1. The Balaban J connectivity index is 1.79. The van der Waals surface area contributed by atoms with Crippen molar-refractivity contribution in [3.8, 4) is 5.75 Å². The molecule has 0 bridgehead atoms. The molecule has 11 heteroatoms. The minimum atomic E-state index is -0.773. The van der Waals surface area contributed by atoms with Crippen molar-refractivity contribution < 1.29 is 9.66 Å². The molecule has 0 aliphatic carbocycles. The number of ether oxygens (including phenoxy) is 1. The second-order valence-corrected chi connectivity index (χ2v) is 7.66. The molecular formula is C22H14Cl2N4O5. The van der Waals surface area contributed by atoms with Crippen LogP contribution in [0.15, 0.2) is 75.4 Å². The van der Waals surface area contributed by atoms with Crippen LogP contribution in [0.1, 0.15) is 11.1 Å². The molecule has 3 aromatic carbocycles. The molecule has 0 aliphatic rings. The number of hydrogen-bond acceptors (Lipinski definition) is 6. The summed E-state index contributed by atoms with van der Waals surface area (Å²) >= 11 is 12.2. The Labute approximate surface area is 195 Å². The van der Waals surface area contributed by atoms with E-state index in [2.05, 4.69) is 10.1 Å². The molecule has 0 fully saturated rings. The Bertz CT molecular complexity index is 1530. The van der Waals surface area contributed by atoms with Crippen molar-refractivity contribution >= 4 is 46.0 Å². The Morgan fingerprint density at radius 1 is 1.09 bits per heavy atom. The molecule has 1 aromatic heterocycles. The van der Waals surface area contributed by atoms with Gasteiger partial charge in [-0.1, -0.05) is 53.5 Å². The second kappa shape index (κ2) is 9.27. The summed E-state index contributed by atoms with van der Waals surface area (Å²) in [5.74, 6) is -0.140. The summed E-state index contributed by atoms with van der Waals surface area (Å²) in [7, 11) is 0. The number of halogens is 2. The van der Waals surface area contributed by atoms with Crippen LogP contribution in [-0.2, 0) is 6.61 Å². The topological polar surface area (TPSA) is 120 Å². The van der Waals surface area contributed by atoms with Crippen molar-refractivity contribution in [3.05, 3.63) is 113 Å². The number of aromatic nitrogens is 2. The highest BCUT2D eigenvalue weighted by molar-refractivity contribution is 6.31. The van der Waals surface area contributed by atoms with Gasteiger partial charge in [0.05, 0.1) is 22.0 Å². The number of benzene rings is 3. The molecule has 0 saturated heterocycles. The van der Waals surface area contributed by atoms with Gasteiger partial charge in [-0.05, 0) is 24.3 Å². The third kappa shape index (κ3) is 4.64. The maximum atomic E-state index is 12.7. The number of nitro benzene ring substituents is 1. The van der Waals surface area contributed by atoms with Crippen LogP contribution >= 0.6 is 23.2 Å². The largest absolute Gasteiger partial charge is 0.481 e. The van der Waals surface area contributed by atoms with Gasteiger partial charge in [-0.3, -0.25) is 14.9 Å². The quantitative estimate of drug-likeness (QED) is 0.247. The van der Waals surface area contributed by atoms with Gasteiger partial charge in [-0.15, -0.1) is 4.68 Å². The van der Waals surface area contributed by atoms with Crippen LogP contribution < -0.4 is 16.0 Å². The number of nitrogens with one attached hydrogen (secondary N) is 1. The molecule has 4 aromatic rings. The van der Waals surface area contributed by atoms with E-state index in [1.54, 1.807) is 48.5 Å². The van der Waals surface area contributed by atoms with E-state index in [1.807, 2.05) is 0 Å². The van der Waals surface area contributed by atoms with Crippen molar-refractivity contribution in [2.75, 3.05) is 0 Å². The van der Waals surface area contributed by atoms with E-state index < -0.39 is 21.9 Å². The number of hydrogen-bond donors (Lipinski definition) is 1. The first kappa shape index (κ1) is 22.3. The van der Waals surface area contributed by atoms with E-state index in [-0.39, 0.29) is 28.3 Å². The lowest BCUT2D eigenvalue weighted by Crippen LogP contribution is -2.32. The molecule has 33 heavy (non-hydrogen) atoms. The zero-order chi connectivity index (χ0) is 23.5. The fourth-order valence-electron chi connectivity index (χ4n) is 3.13. The van der Waals surface area contributed by atoms with Crippen molar-refractivity contribution in [2.45, 2.75) is 6.61 Å². The molecule has 1 N–H and O–H groups in total. The normalized spacial score (nSPS) is 11.2. The third-order valence-corrected chi connectivity index (χ3v) is 5.27. The lowest BCUT2D eigenvalue weighted by atomic mass is 10.2. The smallest absolute Gasteiger partial charge is 0.349 e. The van der Waals surface area contributed by atoms with E-state index in [0.717, 1.165) is 12.3 Å². The molecule has 0 aliphatic heterocycles. The Kier molecular flexibility index (Phi) is 6.25. The zero-order valence-corrected chi connectivity index (χ0v) is 18.2. The molecule has 0 radical (unpaired) electrons.